The quantitative estimate of drug-likeness (QED) is 0.406. The molecule has 1 aliphatic heterocycles. The summed E-state index contributed by atoms with van der Waals surface area (Å²) < 4.78 is 17.2. The molecule has 3 aromatic rings. The van der Waals surface area contributed by atoms with E-state index in [1.807, 2.05) is 42.5 Å². The molecule has 31 heavy (non-hydrogen) atoms. The molecule has 0 atom stereocenters. The van der Waals surface area contributed by atoms with Crippen molar-refractivity contribution in [3.63, 3.8) is 0 Å². The zero-order valence-electron chi connectivity index (χ0n) is 16.8. The number of hydrogen-bond donors (Lipinski definition) is 0. The SMILES string of the molecule is CON=C(C1=NOCCO1)c1ccccc1Oc1nccc(OCc2ccccc2)n1. The Bertz CT molecular complexity index is 1070. The van der Waals surface area contributed by atoms with E-state index in [2.05, 4.69) is 20.3 Å². The lowest BCUT2D eigenvalue weighted by atomic mass is 10.1. The molecule has 4 rings (SSSR count). The number of aromatic nitrogens is 2. The average Bonchev–Trinajstić information content (AvgIpc) is 2.83. The highest BCUT2D eigenvalue weighted by atomic mass is 16.7. The first kappa shape index (κ1) is 20.1. The lowest BCUT2D eigenvalue weighted by Crippen LogP contribution is -2.25. The number of hydrogen-bond acceptors (Lipinski definition) is 9. The summed E-state index contributed by atoms with van der Waals surface area (Å²) in [5.74, 6) is 1.03. The Balaban J connectivity index is 1.55. The molecule has 9 nitrogen and oxygen atoms in total. The van der Waals surface area contributed by atoms with Crippen molar-refractivity contribution in [1.29, 1.82) is 0 Å². The lowest BCUT2D eigenvalue weighted by Gasteiger charge is -2.16. The van der Waals surface area contributed by atoms with Gasteiger partial charge < -0.3 is 23.9 Å². The largest absolute Gasteiger partial charge is 0.473 e. The molecule has 0 fully saturated rings. The van der Waals surface area contributed by atoms with Crippen molar-refractivity contribution >= 4 is 11.6 Å². The van der Waals surface area contributed by atoms with Crippen LogP contribution in [-0.2, 0) is 21.0 Å². The maximum atomic E-state index is 5.93. The van der Waals surface area contributed by atoms with Crippen LogP contribution >= 0.6 is 0 Å². The van der Waals surface area contributed by atoms with Gasteiger partial charge in [0.15, 0.2) is 12.3 Å². The zero-order chi connectivity index (χ0) is 21.3. The number of rotatable bonds is 8. The molecule has 0 unspecified atom stereocenters. The summed E-state index contributed by atoms with van der Waals surface area (Å²) >= 11 is 0. The Morgan fingerprint density at radius 1 is 1.03 bits per heavy atom. The molecule has 0 aliphatic carbocycles. The van der Waals surface area contributed by atoms with Crippen LogP contribution in [0.15, 0.2) is 77.2 Å². The number of oxime groups is 2. The number of para-hydroxylation sites is 1. The molecule has 0 spiro atoms. The minimum Gasteiger partial charge on any atom is -0.473 e. The van der Waals surface area contributed by atoms with Gasteiger partial charge in [-0.25, -0.2) is 4.98 Å². The van der Waals surface area contributed by atoms with E-state index in [0.717, 1.165) is 5.56 Å². The van der Waals surface area contributed by atoms with Crippen LogP contribution in [0.2, 0.25) is 0 Å². The van der Waals surface area contributed by atoms with Gasteiger partial charge in [-0.15, -0.1) is 0 Å². The van der Waals surface area contributed by atoms with Gasteiger partial charge in [0.25, 0.3) is 5.90 Å². The zero-order valence-corrected chi connectivity index (χ0v) is 16.8. The third kappa shape index (κ3) is 5.27. The van der Waals surface area contributed by atoms with E-state index in [4.69, 9.17) is 23.9 Å². The third-order valence-electron chi connectivity index (χ3n) is 4.13. The molecule has 2 aromatic carbocycles. The first-order valence-electron chi connectivity index (χ1n) is 9.55. The van der Waals surface area contributed by atoms with Crippen molar-refractivity contribution in [3.05, 3.63) is 78.0 Å². The van der Waals surface area contributed by atoms with Gasteiger partial charge in [0.05, 0.1) is 5.56 Å². The summed E-state index contributed by atoms with van der Waals surface area (Å²) in [6, 6.07) is 18.8. The van der Waals surface area contributed by atoms with Gasteiger partial charge >= 0.3 is 6.01 Å². The minimum absolute atomic E-state index is 0.123. The van der Waals surface area contributed by atoms with E-state index in [9.17, 15) is 0 Å². The van der Waals surface area contributed by atoms with Crippen molar-refractivity contribution in [2.45, 2.75) is 6.61 Å². The molecule has 158 valence electrons. The number of ether oxygens (including phenoxy) is 3. The molecule has 2 heterocycles. The van der Waals surface area contributed by atoms with Crippen molar-refractivity contribution in [1.82, 2.24) is 9.97 Å². The monoisotopic (exact) mass is 420 g/mol. The van der Waals surface area contributed by atoms with Crippen LogP contribution in [0.3, 0.4) is 0 Å². The van der Waals surface area contributed by atoms with Gasteiger partial charge in [0.2, 0.25) is 5.88 Å². The molecular formula is C22H20N4O5. The van der Waals surface area contributed by atoms with Crippen LogP contribution in [0.1, 0.15) is 11.1 Å². The van der Waals surface area contributed by atoms with Gasteiger partial charge in [-0.2, -0.15) is 4.98 Å². The van der Waals surface area contributed by atoms with Crippen molar-refractivity contribution in [2.75, 3.05) is 20.3 Å². The topological polar surface area (TPSA) is 96.7 Å². The predicted molar refractivity (Wildman–Crippen MR) is 112 cm³/mol. The van der Waals surface area contributed by atoms with Crippen molar-refractivity contribution in [2.24, 2.45) is 10.3 Å². The average molecular weight is 420 g/mol. The summed E-state index contributed by atoms with van der Waals surface area (Å²) in [6.07, 6.45) is 1.57. The Morgan fingerprint density at radius 3 is 2.68 bits per heavy atom. The van der Waals surface area contributed by atoms with Crippen LogP contribution < -0.4 is 9.47 Å². The predicted octanol–water partition coefficient (Wildman–Crippen LogP) is 3.56. The van der Waals surface area contributed by atoms with Crippen LogP contribution in [0.5, 0.6) is 17.6 Å². The lowest BCUT2D eigenvalue weighted by molar-refractivity contribution is 0.0672. The highest BCUT2D eigenvalue weighted by Crippen LogP contribution is 2.26. The normalized spacial score (nSPS) is 13.5. The summed E-state index contributed by atoms with van der Waals surface area (Å²) in [5.41, 5.74) is 1.94. The maximum absolute atomic E-state index is 5.93. The van der Waals surface area contributed by atoms with Gasteiger partial charge in [-0.1, -0.05) is 47.6 Å². The van der Waals surface area contributed by atoms with E-state index in [-0.39, 0.29) is 11.9 Å². The van der Waals surface area contributed by atoms with Gasteiger partial charge in [-0.05, 0) is 22.9 Å². The summed E-state index contributed by atoms with van der Waals surface area (Å²) in [6.45, 7) is 1.11. The van der Waals surface area contributed by atoms with E-state index < -0.39 is 0 Å². The van der Waals surface area contributed by atoms with Crippen LogP contribution in [0.25, 0.3) is 0 Å². The Hall–Kier alpha value is -4.14. The summed E-state index contributed by atoms with van der Waals surface area (Å²) in [4.78, 5) is 18.6. The molecule has 0 N–H and O–H groups in total. The number of nitrogens with zero attached hydrogens (tertiary/aromatic N) is 4. The molecule has 0 radical (unpaired) electrons. The fourth-order valence-corrected chi connectivity index (χ4v) is 2.75. The highest BCUT2D eigenvalue weighted by molar-refractivity contribution is 6.45. The van der Waals surface area contributed by atoms with E-state index >= 15 is 0 Å². The molecule has 1 aromatic heterocycles. The number of benzene rings is 2. The van der Waals surface area contributed by atoms with Crippen molar-refractivity contribution in [3.8, 4) is 17.6 Å². The minimum atomic E-state index is 0.123. The van der Waals surface area contributed by atoms with E-state index in [0.29, 0.717) is 42.7 Å². The van der Waals surface area contributed by atoms with E-state index in [1.165, 1.54) is 7.11 Å². The molecule has 0 bridgehead atoms. The summed E-state index contributed by atoms with van der Waals surface area (Å²) in [5, 5.41) is 7.95. The molecule has 1 aliphatic rings. The molecular weight excluding hydrogens is 400 g/mol. The van der Waals surface area contributed by atoms with Gasteiger partial charge in [0.1, 0.15) is 26.1 Å². The summed E-state index contributed by atoms with van der Waals surface area (Å²) in [7, 11) is 1.43. The molecule has 0 saturated heterocycles. The highest BCUT2D eigenvalue weighted by Gasteiger charge is 2.22. The van der Waals surface area contributed by atoms with Crippen LogP contribution in [0.4, 0.5) is 0 Å². The fraction of sp³-hybridized carbons (Fsp3) is 0.182. The third-order valence-corrected chi connectivity index (χ3v) is 4.13. The standard InChI is InChI=1S/C22H20N4O5/c1-27-25-20(21-26-30-14-13-28-21)17-9-5-6-10-18(17)31-22-23-12-11-19(24-22)29-15-16-7-3-2-4-8-16/h2-12H,13-15H2,1H3. The smallest absolute Gasteiger partial charge is 0.325 e. The second-order valence-electron chi connectivity index (χ2n) is 6.25. The Labute approximate surface area is 178 Å². The maximum Gasteiger partial charge on any atom is 0.325 e. The van der Waals surface area contributed by atoms with Crippen LogP contribution in [-0.4, -0.2) is 41.9 Å². The fourth-order valence-electron chi connectivity index (χ4n) is 2.75. The second kappa shape index (κ2) is 10.1. The molecule has 9 heteroatoms. The van der Waals surface area contributed by atoms with Gasteiger partial charge in [-0.3, -0.25) is 0 Å². The van der Waals surface area contributed by atoms with Gasteiger partial charge in [0, 0.05) is 12.3 Å². The molecule has 0 saturated carbocycles. The first-order valence-corrected chi connectivity index (χ1v) is 9.55. The second-order valence-corrected chi connectivity index (χ2v) is 6.25. The Kier molecular flexibility index (Phi) is 6.54. The van der Waals surface area contributed by atoms with E-state index in [1.54, 1.807) is 24.4 Å². The first-order chi connectivity index (χ1) is 15.3. The molecule has 0 amide bonds. The van der Waals surface area contributed by atoms with Crippen LogP contribution in [0, 0.1) is 0 Å². The Morgan fingerprint density at radius 2 is 1.87 bits per heavy atom. The van der Waals surface area contributed by atoms with Crippen molar-refractivity contribution < 1.29 is 23.9 Å².